The van der Waals surface area contributed by atoms with E-state index in [0.29, 0.717) is 0 Å². The number of rotatable bonds is 4. The van der Waals surface area contributed by atoms with E-state index in [1.807, 2.05) is 0 Å². The highest BCUT2D eigenvalue weighted by Crippen LogP contribution is 2.19. The Hall–Kier alpha value is -1.91. The Morgan fingerprint density at radius 3 is 2.71 bits per heavy atom. The van der Waals surface area contributed by atoms with Gasteiger partial charge in [-0.05, 0) is 6.07 Å². The molecule has 0 aliphatic carbocycles. The quantitative estimate of drug-likeness (QED) is 0.453. The maximum Gasteiger partial charge on any atom is 0.270 e. The van der Waals surface area contributed by atoms with Crippen LogP contribution in [-0.4, -0.2) is 31.2 Å². The number of hydrogen-bond acceptors (Lipinski definition) is 4. The standard InChI is InChI=1S/C10H10N2O4S/c1-3-7-11(2)17(15,16)10-6-4-5-9(8-10)12(13)14/h1,4-6,8H,7H2,2H3. The SMILES string of the molecule is C#CCN(C)S(=O)(=O)c1cccc([N+](=O)[O-])c1. The zero-order chi connectivity index (χ0) is 13.1. The largest absolute Gasteiger partial charge is 0.270 e. The Bertz CT molecular complexity index is 574. The molecule has 0 N–H and O–H groups in total. The lowest BCUT2D eigenvalue weighted by Gasteiger charge is -2.13. The lowest BCUT2D eigenvalue weighted by Crippen LogP contribution is -2.27. The predicted octanol–water partition coefficient (Wildman–Crippen LogP) is 0.849. The third kappa shape index (κ3) is 2.81. The molecular weight excluding hydrogens is 244 g/mol. The van der Waals surface area contributed by atoms with Crippen LogP contribution in [0, 0.1) is 22.5 Å². The fourth-order valence-electron chi connectivity index (χ4n) is 1.15. The molecule has 0 saturated heterocycles. The van der Waals surface area contributed by atoms with Crippen molar-refractivity contribution in [3.8, 4) is 12.3 Å². The maximum atomic E-state index is 11.9. The van der Waals surface area contributed by atoms with Crippen LogP contribution >= 0.6 is 0 Å². The summed E-state index contributed by atoms with van der Waals surface area (Å²) in [4.78, 5) is 9.74. The lowest BCUT2D eigenvalue weighted by molar-refractivity contribution is -0.385. The van der Waals surface area contributed by atoms with Gasteiger partial charge in [-0.2, -0.15) is 4.31 Å². The molecule has 1 aromatic rings. The van der Waals surface area contributed by atoms with Crippen molar-refractivity contribution in [3.63, 3.8) is 0 Å². The summed E-state index contributed by atoms with van der Waals surface area (Å²) in [6.45, 7) is -0.0922. The summed E-state index contributed by atoms with van der Waals surface area (Å²) in [6.07, 6.45) is 5.02. The van der Waals surface area contributed by atoms with Crippen LogP contribution in [0.3, 0.4) is 0 Å². The summed E-state index contributed by atoms with van der Waals surface area (Å²) < 4.78 is 24.8. The minimum atomic E-state index is -3.77. The van der Waals surface area contributed by atoms with Gasteiger partial charge in [0.25, 0.3) is 5.69 Å². The van der Waals surface area contributed by atoms with Crippen LogP contribution in [0.1, 0.15) is 0 Å². The number of nitro benzene ring substituents is 1. The number of nitro groups is 1. The summed E-state index contributed by atoms with van der Waals surface area (Å²) in [5.41, 5.74) is -0.278. The van der Waals surface area contributed by atoms with Gasteiger partial charge < -0.3 is 0 Å². The zero-order valence-electron chi connectivity index (χ0n) is 9.03. The van der Waals surface area contributed by atoms with Crippen molar-refractivity contribution >= 4 is 15.7 Å². The minimum absolute atomic E-state index is 0.0922. The topological polar surface area (TPSA) is 80.5 Å². The lowest BCUT2D eigenvalue weighted by atomic mass is 10.3. The smallest absolute Gasteiger partial charge is 0.258 e. The van der Waals surface area contributed by atoms with Crippen molar-refractivity contribution in [3.05, 3.63) is 34.4 Å². The first-order valence-electron chi connectivity index (χ1n) is 4.54. The van der Waals surface area contributed by atoms with E-state index >= 15 is 0 Å². The first kappa shape index (κ1) is 13.2. The van der Waals surface area contributed by atoms with E-state index in [2.05, 4.69) is 5.92 Å². The molecule has 0 radical (unpaired) electrons. The maximum absolute atomic E-state index is 11.9. The molecule has 0 fully saturated rings. The molecule has 0 aliphatic heterocycles. The number of sulfonamides is 1. The highest BCUT2D eigenvalue weighted by molar-refractivity contribution is 7.89. The molecule has 0 heterocycles. The summed E-state index contributed by atoms with van der Waals surface area (Å²) in [7, 11) is -2.46. The molecule has 0 aromatic heterocycles. The van der Waals surface area contributed by atoms with E-state index in [1.165, 1.54) is 25.2 Å². The molecule has 0 aliphatic rings. The Balaban J connectivity index is 3.21. The van der Waals surface area contributed by atoms with E-state index in [1.54, 1.807) is 0 Å². The van der Waals surface area contributed by atoms with E-state index in [4.69, 9.17) is 6.42 Å². The van der Waals surface area contributed by atoms with Gasteiger partial charge in [-0.3, -0.25) is 10.1 Å². The van der Waals surface area contributed by atoms with Crippen molar-refractivity contribution in [2.75, 3.05) is 13.6 Å². The second kappa shape index (κ2) is 4.95. The van der Waals surface area contributed by atoms with Gasteiger partial charge in [-0.1, -0.05) is 12.0 Å². The molecule has 0 unspecified atom stereocenters. The fraction of sp³-hybridized carbons (Fsp3) is 0.200. The monoisotopic (exact) mass is 254 g/mol. The second-order valence-corrected chi connectivity index (χ2v) is 5.26. The van der Waals surface area contributed by atoms with E-state index in [-0.39, 0.29) is 17.1 Å². The minimum Gasteiger partial charge on any atom is -0.258 e. The van der Waals surface area contributed by atoms with E-state index in [0.717, 1.165) is 10.4 Å². The molecule has 1 aromatic carbocycles. The van der Waals surface area contributed by atoms with Gasteiger partial charge in [-0.25, -0.2) is 8.42 Å². The molecule has 17 heavy (non-hydrogen) atoms. The molecular formula is C10H10N2O4S. The van der Waals surface area contributed by atoms with Crippen molar-refractivity contribution in [2.45, 2.75) is 4.90 Å². The molecule has 1 rings (SSSR count). The van der Waals surface area contributed by atoms with Gasteiger partial charge >= 0.3 is 0 Å². The highest BCUT2D eigenvalue weighted by Gasteiger charge is 2.21. The molecule has 0 atom stereocenters. The summed E-state index contributed by atoms with van der Waals surface area (Å²) >= 11 is 0. The molecule has 0 spiro atoms. The van der Waals surface area contributed by atoms with Crippen molar-refractivity contribution < 1.29 is 13.3 Å². The van der Waals surface area contributed by atoms with Crippen molar-refractivity contribution in [1.82, 2.24) is 4.31 Å². The molecule has 90 valence electrons. The summed E-state index contributed by atoms with van der Waals surface area (Å²) in [5.74, 6) is 2.19. The predicted molar refractivity (Wildman–Crippen MR) is 61.7 cm³/mol. The van der Waals surface area contributed by atoms with Crippen LogP contribution in [0.2, 0.25) is 0 Å². The zero-order valence-corrected chi connectivity index (χ0v) is 9.85. The number of nitrogens with zero attached hydrogens (tertiary/aromatic N) is 2. The molecule has 7 heteroatoms. The Morgan fingerprint density at radius 2 is 2.18 bits per heavy atom. The Labute approximate surface area is 99.1 Å². The normalized spacial score (nSPS) is 11.1. The number of benzene rings is 1. The molecule has 0 amide bonds. The average molecular weight is 254 g/mol. The van der Waals surface area contributed by atoms with Gasteiger partial charge in [0.15, 0.2) is 0 Å². The number of terminal acetylenes is 1. The van der Waals surface area contributed by atoms with Crippen LogP contribution in [0.15, 0.2) is 29.2 Å². The second-order valence-electron chi connectivity index (χ2n) is 3.22. The van der Waals surface area contributed by atoms with Crippen molar-refractivity contribution in [1.29, 1.82) is 0 Å². The van der Waals surface area contributed by atoms with Crippen LogP contribution in [0.25, 0.3) is 0 Å². The highest BCUT2D eigenvalue weighted by atomic mass is 32.2. The van der Waals surface area contributed by atoms with Crippen LogP contribution in [0.5, 0.6) is 0 Å². The molecule has 0 saturated carbocycles. The number of non-ortho nitro benzene ring substituents is 1. The summed E-state index contributed by atoms with van der Waals surface area (Å²) in [5, 5.41) is 10.5. The van der Waals surface area contributed by atoms with Gasteiger partial charge in [0.2, 0.25) is 10.0 Å². The molecule has 0 bridgehead atoms. The van der Waals surface area contributed by atoms with Crippen molar-refractivity contribution in [2.24, 2.45) is 0 Å². The third-order valence-electron chi connectivity index (χ3n) is 2.05. The average Bonchev–Trinajstić information content (AvgIpc) is 2.29. The third-order valence-corrected chi connectivity index (χ3v) is 3.85. The number of hydrogen-bond donors (Lipinski definition) is 0. The van der Waals surface area contributed by atoms with Crippen LogP contribution < -0.4 is 0 Å². The van der Waals surface area contributed by atoms with Crippen LogP contribution in [-0.2, 0) is 10.0 Å². The Morgan fingerprint density at radius 1 is 1.53 bits per heavy atom. The molecule has 6 nitrogen and oxygen atoms in total. The van der Waals surface area contributed by atoms with Gasteiger partial charge in [-0.15, -0.1) is 6.42 Å². The van der Waals surface area contributed by atoms with Crippen LogP contribution in [0.4, 0.5) is 5.69 Å². The Kier molecular flexibility index (Phi) is 3.83. The van der Waals surface area contributed by atoms with Gasteiger partial charge in [0.05, 0.1) is 16.4 Å². The first-order chi connectivity index (χ1) is 7.89. The van der Waals surface area contributed by atoms with Gasteiger partial charge in [0.1, 0.15) is 0 Å². The summed E-state index contributed by atoms with van der Waals surface area (Å²) in [6, 6.07) is 4.83. The first-order valence-corrected chi connectivity index (χ1v) is 5.98. The van der Waals surface area contributed by atoms with E-state index in [9.17, 15) is 18.5 Å². The van der Waals surface area contributed by atoms with E-state index < -0.39 is 14.9 Å². The fourth-order valence-corrected chi connectivity index (χ4v) is 2.28. The van der Waals surface area contributed by atoms with Gasteiger partial charge in [0, 0.05) is 19.2 Å².